The Hall–Kier alpha value is -1.85. The van der Waals surface area contributed by atoms with E-state index in [1.807, 2.05) is 0 Å². The van der Waals surface area contributed by atoms with Crippen LogP contribution in [0.2, 0.25) is 0 Å². The van der Waals surface area contributed by atoms with Gasteiger partial charge in [0.25, 0.3) is 13.4 Å². The van der Waals surface area contributed by atoms with Gasteiger partial charge in [-0.3, -0.25) is 18.9 Å². The Bertz CT molecular complexity index is 1550. The Morgan fingerprint density at radius 2 is 1.47 bits per heavy atom. The molecule has 4 fully saturated rings. The molecule has 24 nitrogen and oxygen atoms in total. The number of phosphoric ester groups is 1. The summed E-state index contributed by atoms with van der Waals surface area (Å²) in [6.45, 7) is -0.104. The van der Waals surface area contributed by atoms with Crippen LogP contribution in [0.5, 0.6) is 0 Å². The lowest BCUT2D eigenvalue weighted by Crippen LogP contribution is -2.83. The number of aryl methyl sites for hydroxylation is 1. The third-order valence-corrected chi connectivity index (χ3v) is 11.0. The summed E-state index contributed by atoms with van der Waals surface area (Å²) in [5.41, 5.74) is 14.2. The Morgan fingerprint density at radius 3 is 2.08 bits per heavy atom. The molecule has 1 aliphatic carbocycles. The molecular formula is C28H52N6O18P+3. The fourth-order valence-corrected chi connectivity index (χ4v) is 7.88. The second kappa shape index (κ2) is 17.1. The SMILES string of the molecule is Cc1cn([C@H]2C[C@H](O)[C@@H](COP(=O)([O-])O[C@H]3[C@H](O)[C@@H](O)[C@@H](O[C@H]4[C@H](O)[C@@H](O[C@H]5O[C@H](CO)[C@@H](O)[C@H]([NH3+])[C@H]5O)[C@H]([NH3+])C[C@@H]4[NH3+])O[C@@H]3C[NH3+])O2)c(=O)[nH]c1=O. The van der Waals surface area contributed by atoms with E-state index in [0.29, 0.717) is 0 Å². The van der Waals surface area contributed by atoms with Gasteiger partial charge in [0.15, 0.2) is 18.7 Å². The standard InChI is InChI=1S/C28H49N6O18P/c1-8-5-34(28(43)33-25(8)42)15-3-11(36)14(47-15)7-46-53(44,45)52-24-12(4-29)48-27(20(40)19(24)39)51-23-10(31)2-9(30)22(21(23)41)50-26-18(38)16(32)17(37)13(6-35)49-26/h5,9-24,26-27,35-41H,2-4,6-7,29-32H2,1H3,(H,44,45)(H,33,42,43)/p+3/t9-,10+,11+,12-,13-,14-,15-,16+,17-,18-,19-,20-,21-,22+,23-,24-,26-,27-/m1/s1. The number of aliphatic hydroxyl groups is 7. The van der Waals surface area contributed by atoms with Crippen molar-refractivity contribution in [2.24, 2.45) is 0 Å². The number of ether oxygens (including phenoxy) is 5. The zero-order valence-corrected chi connectivity index (χ0v) is 29.7. The van der Waals surface area contributed by atoms with Crippen molar-refractivity contribution in [2.45, 2.75) is 130 Å². The van der Waals surface area contributed by atoms with Gasteiger partial charge in [-0.25, -0.2) is 4.79 Å². The van der Waals surface area contributed by atoms with Crippen molar-refractivity contribution < 1.29 is 101 Å². The highest BCUT2D eigenvalue weighted by molar-refractivity contribution is 7.45. The van der Waals surface area contributed by atoms with Gasteiger partial charge >= 0.3 is 5.69 Å². The predicted octanol–water partition coefficient (Wildman–Crippen LogP) is -11.1. The van der Waals surface area contributed by atoms with Crippen molar-refractivity contribution in [3.63, 3.8) is 0 Å². The summed E-state index contributed by atoms with van der Waals surface area (Å²) in [4.78, 5) is 39.0. The number of H-pyrrole nitrogens is 1. The van der Waals surface area contributed by atoms with Crippen LogP contribution in [-0.4, -0.2) is 169 Å². The van der Waals surface area contributed by atoms with E-state index in [1.165, 1.54) is 13.1 Å². The molecule has 19 atom stereocenters. The van der Waals surface area contributed by atoms with Gasteiger partial charge < -0.3 is 96.3 Å². The van der Waals surface area contributed by atoms with E-state index in [9.17, 15) is 54.8 Å². The second-order valence-electron chi connectivity index (χ2n) is 13.9. The molecule has 1 aromatic heterocycles. The summed E-state index contributed by atoms with van der Waals surface area (Å²) in [5, 5.41) is 74.2. The molecule has 5 rings (SSSR count). The highest BCUT2D eigenvalue weighted by Gasteiger charge is 2.55. The molecule has 1 aromatic rings. The Labute approximate surface area is 300 Å². The van der Waals surface area contributed by atoms with E-state index in [1.54, 1.807) is 0 Å². The summed E-state index contributed by atoms with van der Waals surface area (Å²) in [6, 6.07) is -2.30. The van der Waals surface area contributed by atoms with Crippen LogP contribution >= 0.6 is 7.82 Å². The average Bonchev–Trinajstić information content (AvgIpc) is 3.48. The van der Waals surface area contributed by atoms with E-state index in [-0.39, 0.29) is 24.9 Å². The average molecular weight is 792 g/mol. The largest absolute Gasteiger partial charge is 0.756 e. The van der Waals surface area contributed by atoms with E-state index in [2.05, 4.69) is 27.9 Å². The maximum atomic E-state index is 12.9. The first kappa shape index (κ1) is 42.3. The van der Waals surface area contributed by atoms with Crippen molar-refractivity contribution in [3.05, 3.63) is 32.6 Å². The summed E-state index contributed by atoms with van der Waals surface area (Å²) >= 11 is 0. The Morgan fingerprint density at radius 1 is 0.868 bits per heavy atom. The molecule has 0 amide bonds. The van der Waals surface area contributed by atoms with Crippen LogP contribution in [0.3, 0.4) is 0 Å². The van der Waals surface area contributed by atoms with Crippen LogP contribution in [0.15, 0.2) is 15.8 Å². The first-order valence-corrected chi connectivity index (χ1v) is 18.5. The van der Waals surface area contributed by atoms with Gasteiger partial charge in [0.2, 0.25) is 0 Å². The highest BCUT2D eigenvalue weighted by Crippen LogP contribution is 2.44. The summed E-state index contributed by atoms with van der Waals surface area (Å²) in [7, 11) is -5.32. The molecule has 4 heterocycles. The lowest BCUT2D eigenvalue weighted by Gasteiger charge is -2.46. The molecule has 25 heteroatoms. The second-order valence-corrected chi connectivity index (χ2v) is 15.2. The maximum absolute atomic E-state index is 12.9. The predicted molar refractivity (Wildman–Crippen MR) is 166 cm³/mol. The third-order valence-electron chi connectivity index (χ3n) is 10.0. The first-order chi connectivity index (χ1) is 24.9. The van der Waals surface area contributed by atoms with Gasteiger partial charge in [0.1, 0.15) is 91.9 Å². The van der Waals surface area contributed by atoms with Crippen LogP contribution in [0.4, 0.5) is 0 Å². The van der Waals surface area contributed by atoms with Crippen molar-refractivity contribution in [2.75, 3.05) is 19.8 Å². The zero-order valence-electron chi connectivity index (χ0n) is 28.8. The number of phosphoric acid groups is 1. The number of nitrogens with zero attached hydrogens (tertiary/aromatic N) is 1. The van der Waals surface area contributed by atoms with Crippen LogP contribution in [0.1, 0.15) is 24.6 Å². The van der Waals surface area contributed by atoms with Crippen LogP contribution in [-0.2, 0) is 37.3 Å². The third kappa shape index (κ3) is 9.08. The van der Waals surface area contributed by atoms with Crippen molar-refractivity contribution in [1.29, 1.82) is 0 Å². The van der Waals surface area contributed by atoms with Crippen LogP contribution in [0, 0.1) is 6.92 Å². The fourth-order valence-electron chi connectivity index (χ4n) is 6.93. The molecule has 4 aliphatic rings. The molecule has 53 heavy (non-hydrogen) atoms. The molecule has 3 saturated heterocycles. The number of quaternary nitrogens is 4. The molecule has 0 aromatic carbocycles. The molecule has 1 saturated carbocycles. The van der Waals surface area contributed by atoms with E-state index < -0.39 is 142 Å². The molecular weight excluding hydrogens is 739 g/mol. The topological polar surface area (TPSA) is 412 Å². The zero-order chi connectivity index (χ0) is 39.1. The first-order valence-electron chi connectivity index (χ1n) is 17.1. The van der Waals surface area contributed by atoms with Crippen molar-refractivity contribution >= 4 is 7.82 Å². The van der Waals surface area contributed by atoms with E-state index in [4.69, 9.17) is 32.7 Å². The number of aromatic nitrogens is 2. The molecule has 0 bridgehead atoms. The summed E-state index contributed by atoms with van der Waals surface area (Å²) in [6.07, 6.45) is -20.1. The molecule has 3 aliphatic heterocycles. The van der Waals surface area contributed by atoms with Gasteiger partial charge in [-0.2, -0.15) is 0 Å². The highest BCUT2D eigenvalue weighted by atomic mass is 31.2. The minimum atomic E-state index is -5.32. The fraction of sp³-hybridized carbons (Fsp3) is 0.857. The molecule has 0 spiro atoms. The van der Waals surface area contributed by atoms with Crippen LogP contribution < -0.4 is 39.1 Å². The normalized spacial score (nSPS) is 44.8. The summed E-state index contributed by atoms with van der Waals surface area (Å²) in [5.74, 6) is 0. The number of aromatic amines is 1. The van der Waals surface area contributed by atoms with E-state index in [0.717, 1.165) is 4.57 Å². The van der Waals surface area contributed by atoms with Gasteiger partial charge in [-0.05, 0) is 6.92 Å². The van der Waals surface area contributed by atoms with E-state index >= 15 is 0 Å². The molecule has 0 radical (unpaired) electrons. The number of nitrogens with one attached hydrogen (secondary N) is 1. The van der Waals surface area contributed by atoms with Gasteiger partial charge in [0.05, 0.1) is 25.7 Å². The smallest absolute Gasteiger partial charge is 0.330 e. The number of hydrogen-bond acceptors (Lipinski definition) is 18. The maximum Gasteiger partial charge on any atom is 0.330 e. The summed E-state index contributed by atoms with van der Waals surface area (Å²) < 4.78 is 52.7. The minimum Gasteiger partial charge on any atom is -0.756 e. The number of rotatable bonds is 12. The monoisotopic (exact) mass is 791 g/mol. The lowest BCUT2D eigenvalue weighted by molar-refractivity contribution is -0.525. The number of aliphatic hydroxyl groups excluding tert-OH is 7. The Kier molecular flexibility index (Phi) is 13.7. The molecule has 1 unspecified atom stereocenters. The van der Waals surface area contributed by atoms with Gasteiger partial charge in [-0.1, -0.05) is 0 Å². The van der Waals surface area contributed by atoms with Crippen LogP contribution in [0.25, 0.3) is 0 Å². The van der Waals surface area contributed by atoms with Gasteiger partial charge in [-0.15, -0.1) is 0 Å². The molecule has 20 N–H and O–H groups in total. The van der Waals surface area contributed by atoms with Crippen molar-refractivity contribution in [3.8, 4) is 0 Å². The Balaban J connectivity index is 1.20. The molecule has 304 valence electrons. The quantitative estimate of drug-likeness (QED) is 0.0874. The lowest BCUT2D eigenvalue weighted by atomic mass is 9.84. The number of hydrogen-bond donors (Lipinski definition) is 12. The van der Waals surface area contributed by atoms with Crippen molar-refractivity contribution in [1.82, 2.24) is 9.55 Å². The minimum absolute atomic E-state index is 0.136. The van der Waals surface area contributed by atoms with Gasteiger partial charge in [0, 0.05) is 18.2 Å².